The van der Waals surface area contributed by atoms with Crippen LogP contribution in [0.25, 0.3) is 11.3 Å². The van der Waals surface area contributed by atoms with Crippen molar-refractivity contribution in [2.24, 2.45) is 0 Å². The lowest BCUT2D eigenvalue weighted by Crippen LogP contribution is -2.28. The Hall–Kier alpha value is -3.55. The van der Waals surface area contributed by atoms with E-state index in [1.54, 1.807) is 41.7 Å². The molecule has 8 nitrogen and oxygen atoms in total. The monoisotopic (exact) mass is 377 g/mol. The van der Waals surface area contributed by atoms with Gasteiger partial charge in [-0.15, -0.1) is 0 Å². The number of rotatable bonds is 4. The molecule has 0 bridgehead atoms. The first-order chi connectivity index (χ1) is 13.7. The lowest BCUT2D eigenvalue weighted by molar-refractivity contribution is 0.0790. The number of hydrogen-bond acceptors (Lipinski definition) is 6. The van der Waals surface area contributed by atoms with Crippen molar-refractivity contribution in [3.63, 3.8) is 0 Å². The van der Waals surface area contributed by atoms with E-state index in [2.05, 4.69) is 19.9 Å². The van der Waals surface area contributed by atoms with Gasteiger partial charge in [0, 0.05) is 49.2 Å². The number of nitrogens with one attached hydrogen (secondary N) is 1. The molecule has 28 heavy (non-hydrogen) atoms. The summed E-state index contributed by atoms with van der Waals surface area (Å²) in [4.78, 5) is 42.2. The van der Waals surface area contributed by atoms with Crippen molar-refractivity contribution in [3.05, 3.63) is 70.7 Å². The fraction of sp³-hybridized carbons (Fsp3) is 0.250. The normalized spacial score (nSPS) is 16.2. The highest BCUT2D eigenvalue weighted by Gasteiger charge is 2.30. The second-order valence-electron chi connectivity index (χ2n) is 6.55. The zero-order valence-electron chi connectivity index (χ0n) is 15.3. The number of amides is 1. The number of nitrogens with zero attached hydrogens (tertiary/aromatic N) is 4. The molecule has 0 spiro atoms. The van der Waals surface area contributed by atoms with Crippen LogP contribution in [0.15, 0.2) is 53.7 Å². The van der Waals surface area contributed by atoms with Crippen molar-refractivity contribution in [2.45, 2.75) is 12.3 Å². The molecule has 1 amide bonds. The molecule has 1 atom stereocenters. The molecule has 8 heteroatoms. The molecule has 0 aromatic carbocycles. The summed E-state index contributed by atoms with van der Waals surface area (Å²) in [5.41, 5.74) is 1.51. The van der Waals surface area contributed by atoms with Crippen LogP contribution in [0.5, 0.6) is 5.88 Å². The van der Waals surface area contributed by atoms with Crippen LogP contribution in [-0.2, 0) is 0 Å². The van der Waals surface area contributed by atoms with Crippen molar-refractivity contribution >= 4 is 5.91 Å². The van der Waals surface area contributed by atoms with Gasteiger partial charge < -0.3 is 14.6 Å². The number of ether oxygens (including phenoxy) is 1. The molecule has 142 valence electrons. The summed E-state index contributed by atoms with van der Waals surface area (Å²) in [5.74, 6) is 0.893. The lowest BCUT2D eigenvalue weighted by atomic mass is 10.1. The number of carbonyl (C=O) groups excluding carboxylic acids is 1. The average molecular weight is 377 g/mol. The minimum atomic E-state index is -0.246. The Morgan fingerprint density at radius 1 is 1.25 bits per heavy atom. The van der Waals surface area contributed by atoms with Gasteiger partial charge in [-0.1, -0.05) is 0 Å². The first-order valence-corrected chi connectivity index (χ1v) is 8.95. The van der Waals surface area contributed by atoms with Gasteiger partial charge in [0.15, 0.2) is 0 Å². The van der Waals surface area contributed by atoms with Crippen LogP contribution in [0.1, 0.15) is 28.5 Å². The van der Waals surface area contributed by atoms with E-state index in [-0.39, 0.29) is 17.4 Å². The van der Waals surface area contributed by atoms with Crippen LogP contribution < -0.4 is 10.3 Å². The summed E-state index contributed by atoms with van der Waals surface area (Å²) in [6.07, 6.45) is 5.55. The standard InChI is InChI=1S/C20H19N5O3/c1-28-19-15(3-2-7-22-19)16-11-17(26)24-18(23-16)14-6-10-25(12-14)20(27)13-4-8-21-9-5-13/h2-5,7-9,11,14H,6,10,12H2,1H3,(H,23,24,26). The molecule has 0 saturated carbocycles. The third-order valence-electron chi connectivity index (χ3n) is 4.79. The number of aromatic nitrogens is 4. The second kappa shape index (κ2) is 7.59. The van der Waals surface area contributed by atoms with Crippen LogP contribution in [0.4, 0.5) is 0 Å². The predicted molar refractivity (Wildman–Crippen MR) is 102 cm³/mol. The minimum absolute atomic E-state index is 0.0406. The minimum Gasteiger partial charge on any atom is -0.481 e. The van der Waals surface area contributed by atoms with Gasteiger partial charge in [0.05, 0.1) is 18.4 Å². The van der Waals surface area contributed by atoms with Crippen LogP contribution in [0.3, 0.4) is 0 Å². The van der Waals surface area contributed by atoms with Crippen LogP contribution in [0, 0.1) is 0 Å². The number of carbonyl (C=O) groups is 1. The fourth-order valence-electron chi connectivity index (χ4n) is 3.40. The number of H-pyrrole nitrogens is 1. The van der Waals surface area contributed by atoms with Crippen molar-refractivity contribution in [3.8, 4) is 17.1 Å². The van der Waals surface area contributed by atoms with E-state index >= 15 is 0 Å². The van der Waals surface area contributed by atoms with E-state index in [0.29, 0.717) is 41.6 Å². The van der Waals surface area contributed by atoms with Gasteiger partial charge in [-0.2, -0.15) is 0 Å². The SMILES string of the molecule is COc1ncccc1-c1cc(=O)[nH]c(C2CCN(C(=O)c3ccncc3)C2)n1. The maximum absolute atomic E-state index is 12.6. The van der Waals surface area contributed by atoms with Crippen molar-refractivity contribution in [1.29, 1.82) is 0 Å². The highest BCUT2D eigenvalue weighted by Crippen LogP contribution is 2.29. The van der Waals surface area contributed by atoms with Gasteiger partial charge in [-0.25, -0.2) is 9.97 Å². The third kappa shape index (κ3) is 3.48. The number of likely N-dealkylation sites (tertiary alicyclic amines) is 1. The number of pyridine rings is 2. The smallest absolute Gasteiger partial charge is 0.253 e. The van der Waals surface area contributed by atoms with Crippen LogP contribution >= 0.6 is 0 Å². The number of aromatic amines is 1. The molecular formula is C20H19N5O3. The largest absolute Gasteiger partial charge is 0.481 e. The van der Waals surface area contributed by atoms with Gasteiger partial charge in [-0.05, 0) is 30.7 Å². The first kappa shape index (κ1) is 17.8. The van der Waals surface area contributed by atoms with E-state index in [1.807, 2.05) is 6.07 Å². The van der Waals surface area contributed by atoms with Gasteiger partial charge in [-0.3, -0.25) is 14.6 Å². The van der Waals surface area contributed by atoms with Crippen molar-refractivity contribution < 1.29 is 9.53 Å². The summed E-state index contributed by atoms with van der Waals surface area (Å²) >= 11 is 0. The molecule has 0 aliphatic carbocycles. The molecule has 1 fully saturated rings. The Kier molecular flexibility index (Phi) is 4.84. The maximum atomic E-state index is 12.6. The molecule has 4 rings (SSSR count). The predicted octanol–water partition coefficient (Wildman–Crippen LogP) is 1.87. The molecule has 1 saturated heterocycles. The van der Waals surface area contributed by atoms with Gasteiger partial charge in [0.25, 0.3) is 11.5 Å². The van der Waals surface area contributed by atoms with E-state index < -0.39 is 0 Å². The molecule has 4 heterocycles. The second-order valence-corrected chi connectivity index (χ2v) is 6.55. The highest BCUT2D eigenvalue weighted by molar-refractivity contribution is 5.94. The zero-order chi connectivity index (χ0) is 19.5. The molecule has 3 aromatic rings. The number of methoxy groups -OCH3 is 1. The Morgan fingerprint density at radius 3 is 2.86 bits per heavy atom. The molecule has 1 unspecified atom stereocenters. The fourth-order valence-corrected chi connectivity index (χ4v) is 3.40. The van der Waals surface area contributed by atoms with E-state index in [0.717, 1.165) is 6.42 Å². The quantitative estimate of drug-likeness (QED) is 0.745. The van der Waals surface area contributed by atoms with Crippen LogP contribution in [0.2, 0.25) is 0 Å². The summed E-state index contributed by atoms with van der Waals surface area (Å²) in [6.45, 7) is 1.10. The summed E-state index contributed by atoms with van der Waals surface area (Å²) < 4.78 is 5.28. The van der Waals surface area contributed by atoms with Crippen molar-refractivity contribution in [1.82, 2.24) is 24.8 Å². The van der Waals surface area contributed by atoms with E-state index in [1.165, 1.54) is 13.2 Å². The molecule has 1 aliphatic rings. The number of hydrogen-bond donors (Lipinski definition) is 1. The highest BCUT2D eigenvalue weighted by atomic mass is 16.5. The first-order valence-electron chi connectivity index (χ1n) is 8.95. The zero-order valence-corrected chi connectivity index (χ0v) is 15.3. The summed E-state index contributed by atoms with van der Waals surface area (Å²) in [7, 11) is 1.53. The average Bonchev–Trinajstić information content (AvgIpc) is 3.23. The summed E-state index contributed by atoms with van der Waals surface area (Å²) in [6, 6.07) is 8.41. The van der Waals surface area contributed by atoms with Gasteiger partial charge in [0.1, 0.15) is 5.82 Å². The van der Waals surface area contributed by atoms with Crippen LogP contribution in [-0.4, -0.2) is 50.9 Å². The molecular weight excluding hydrogens is 358 g/mol. The Bertz CT molecular complexity index is 1050. The third-order valence-corrected chi connectivity index (χ3v) is 4.79. The van der Waals surface area contributed by atoms with E-state index in [9.17, 15) is 9.59 Å². The topological polar surface area (TPSA) is 101 Å². The Morgan fingerprint density at radius 2 is 2.07 bits per heavy atom. The Labute approximate surface area is 161 Å². The Balaban J connectivity index is 1.60. The van der Waals surface area contributed by atoms with E-state index in [4.69, 9.17) is 4.74 Å². The van der Waals surface area contributed by atoms with Crippen molar-refractivity contribution in [2.75, 3.05) is 20.2 Å². The molecule has 1 aliphatic heterocycles. The molecule has 1 N–H and O–H groups in total. The molecule has 0 radical (unpaired) electrons. The van der Waals surface area contributed by atoms with Gasteiger partial charge in [0.2, 0.25) is 5.88 Å². The maximum Gasteiger partial charge on any atom is 0.253 e. The molecule has 3 aromatic heterocycles. The summed E-state index contributed by atoms with van der Waals surface area (Å²) in [5, 5.41) is 0. The lowest BCUT2D eigenvalue weighted by Gasteiger charge is -2.16. The van der Waals surface area contributed by atoms with Gasteiger partial charge >= 0.3 is 0 Å².